The van der Waals surface area contributed by atoms with E-state index in [1.54, 1.807) is 6.33 Å². The molecular formula is C14H22N4. The molecule has 0 unspecified atom stereocenters. The van der Waals surface area contributed by atoms with Crippen molar-refractivity contribution in [3.8, 4) is 0 Å². The largest absolute Gasteiger partial charge is 0.348 e. The molecule has 0 aliphatic rings. The summed E-state index contributed by atoms with van der Waals surface area (Å²) in [5.74, 6) is 1.04. The van der Waals surface area contributed by atoms with Crippen LogP contribution in [0, 0.1) is 0 Å². The van der Waals surface area contributed by atoms with Gasteiger partial charge in [0.2, 0.25) is 0 Å². The molecule has 2 rings (SSSR count). The van der Waals surface area contributed by atoms with Crippen molar-refractivity contribution in [2.75, 3.05) is 0 Å². The minimum Gasteiger partial charge on any atom is -0.348 e. The molecule has 4 heteroatoms. The second-order valence-electron chi connectivity index (χ2n) is 6.53. The maximum Gasteiger partial charge on any atom is 0.111 e. The Hall–Kier alpha value is -1.58. The average Bonchev–Trinajstić information content (AvgIpc) is 2.83. The van der Waals surface area contributed by atoms with Crippen LogP contribution in [-0.2, 0) is 17.3 Å². The van der Waals surface area contributed by atoms with Crippen molar-refractivity contribution in [1.82, 2.24) is 19.9 Å². The molecule has 0 amide bonds. The number of rotatable bonds is 3. The first-order valence-corrected chi connectivity index (χ1v) is 6.32. The van der Waals surface area contributed by atoms with E-state index in [-0.39, 0.29) is 10.8 Å². The van der Waals surface area contributed by atoms with E-state index in [0.717, 1.165) is 17.9 Å². The molecule has 0 saturated carbocycles. The molecule has 0 atom stereocenters. The van der Waals surface area contributed by atoms with Gasteiger partial charge in [0.05, 0.1) is 6.33 Å². The number of H-pyrrole nitrogens is 2. The van der Waals surface area contributed by atoms with E-state index in [9.17, 15) is 0 Å². The molecule has 2 heterocycles. The highest BCUT2D eigenvalue weighted by Gasteiger charge is 2.25. The van der Waals surface area contributed by atoms with E-state index in [1.807, 2.05) is 12.4 Å². The fourth-order valence-electron chi connectivity index (χ4n) is 2.03. The van der Waals surface area contributed by atoms with Gasteiger partial charge in [-0.2, -0.15) is 0 Å². The van der Waals surface area contributed by atoms with Gasteiger partial charge in [-0.05, 0) is 6.42 Å². The number of hydrogen-bond donors (Lipinski definition) is 2. The maximum absolute atomic E-state index is 4.47. The Morgan fingerprint density at radius 2 is 1.83 bits per heavy atom. The SMILES string of the molecule is CC(C)(C)c1ncc(CC(C)(C)c2cnc[nH]2)[nH]1. The zero-order valence-electron chi connectivity index (χ0n) is 11.8. The molecular weight excluding hydrogens is 224 g/mol. The second kappa shape index (κ2) is 4.26. The minimum absolute atomic E-state index is 0.0260. The van der Waals surface area contributed by atoms with Gasteiger partial charge in [0.25, 0.3) is 0 Å². The van der Waals surface area contributed by atoms with Gasteiger partial charge in [-0.25, -0.2) is 9.97 Å². The Bertz CT molecular complexity index is 500. The predicted octanol–water partition coefficient (Wildman–Crippen LogP) is 2.95. The number of nitrogens with zero attached hydrogens (tertiary/aromatic N) is 2. The third-order valence-corrected chi connectivity index (χ3v) is 3.20. The highest BCUT2D eigenvalue weighted by molar-refractivity contribution is 5.17. The first-order valence-electron chi connectivity index (χ1n) is 6.32. The Morgan fingerprint density at radius 1 is 1.11 bits per heavy atom. The van der Waals surface area contributed by atoms with Crippen LogP contribution in [0.4, 0.5) is 0 Å². The van der Waals surface area contributed by atoms with Crippen LogP contribution in [0.15, 0.2) is 18.7 Å². The molecule has 0 fully saturated rings. The molecule has 0 spiro atoms. The molecule has 0 bridgehead atoms. The fraction of sp³-hybridized carbons (Fsp3) is 0.571. The smallest absolute Gasteiger partial charge is 0.111 e. The molecule has 0 radical (unpaired) electrons. The normalized spacial score (nSPS) is 12.9. The average molecular weight is 246 g/mol. The zero-order chi connectivity index (χ0) is 13.4. The molecule has 0 aliphatic heterocycles. The summed E-state index contributed by atoms with van der Waals surface area (Å²) < 4.78 is 0. The van der Waals surface area contributed by atoms with E-state index in [0.29, 0.717) is 0 Å². The number of aromatic nitrogens is 4. The van der Waals surface area contributed by atoms with Crippen LogP contribution < -0.4 is 0 Å². The Labute approximate surface area is 108 Å². The first-order chi connectivity index (χ1) is 8.29. The molecule has 2 aromatic heterocycles. The molecule has 98 valence electrons. The van der Waals surface area contributed by atoms with Crippen LogP contribution in [0.5, 0.6) is 0 Å². The second-order valence-corrected chi connectivity index (χ2v) is 6.53. The van der Waals surface area contributed by atoms with E-state index >= 15 is 0 Å². The van der Waals surface area contributed by atoms with Crippen molar-refractivity contribution >= 4 is 0 Å². The Kier molecular flexibility index (Phi) is 3.05. The van der Waals surface area contributed by atoms with E-state index in [2.05, 4.69) is 54.6 Å². The summed E-state index contributed by atoms with van der Waals surface area (Å²) in [6.45, 7) is 10.9. The monoisotopic (exact) mass is 246 g/mol. The van der Waals surface area contributed by atoms with Gasteiger partial charge in [0.1, 0.15) is 5.82 Å². The van der Waals surface area contributed by atoms with Crippen molar-refractivity contribution in [1.29, 1.82) is 0 Å². The van der Waals surface area contributed by atoms with Crippen LogP contribution >= 0.6 is 0 Å². The molecule has 0 aliphatic carbocycles. The fourth-order valence-corrected chi connectivity index (χ4v) is 2.03. The van der Waals surface area contributed by atoms with E-state index < -0.39 is 0 Å². The first kappa shape index (κ1) is 12.9. The third-order valence-electron chi connectivity index (χ3n) is 3.20. The lowest BCUT2D eigenvalue weighted by atomic mass is 9.85. The van der Waals surface area contributed by atoms with Crippen molar-refractivity contribution < 1.29 is 0 Å². The number of nitrogens with one attached hydrogen (secondary N) is 2. The van der Waals surface area contributed by atoms with Gasteiger partial charge in [0, 0.05) is 34.6 Å². The lowest BCUT2D eigenvalue weighted by molar-refractivity contribution is 0.498. The zero-order valence-corrected chi connectivity index (χ0v) is 11.8. The summed E-state index contributed by atoms with van der Waals surface area (Å²) in [6, 6.07) is 0. The van der Waals surface area contributed by atoms with Gasteiger partial charge >= 0.3 is 0 Å². The van der Waals surface area contributed by atoms with Crippen LogP contribution in [0.1, 0.15) is 51.8 Å². The highest BCUT2D eigenvalue weighted by Crippen LogP contribution is 2.26. The van der Waals surface area contributed by atoms with Crippen LogP contribution in [0.3, 0.4) is 0 Å². The molecule has 0 saturated heterocycles. The lowest BCUT2D eigenvalue weighted by Crippen LogP contribution is -2.21. The molecule has 0 aromatic carbocycles. The van der Waals surface area contributed by atoms with Gasteiger partial charge in [0.15, 0.2) is 0 Å². The third kappa shape index (κ3) is 2.63. The number of aromatic amines is 2. The summed E-state index contributed by atoms with van der Waals surface area (Å²) in [4.78, 5) is 15.2. The standard InChI is InChI=1S/C14H22N4/c1-13(2,3)12-16-7-10(18-12)6-14(4,5)11-8-15-9-17-11/h7-9H,6H2,1-5H3,(H,15,17)(H,16,18). The van der Waals surface area contributed by atoms with E-state index in [4.69, 9.17) is 0 Å². The van der Waals surface area contributed by atoms with Gasteiger partial charge in [-0.1, -0.05) is 34.6 Å². The van der Waals surface area contributed by atoms with Crippen molar-refractivity contribution in [3.63, 3.8) is 0 Å². The van der Waals surface area contributed by atoms with Gasteiger partial charge in [-0.3, -0.25) is 0 Å². The Morgan fingerprint density at radius 3 is 2.33 bits per heavy atom. The van der Waals surface area contributed by atoms with E-state index in [1.165, 1.54) is 5.69 Å². The van der Waals surface area contributed by atoms with Gasteiger partial charge in [-0.15, -0.1) is 0 Å². The highest BCUT2D eigenvalue weighted by atomic mass is 14.9. The van der Waals surface area contributed by atoms with Crippen molar-refractivity contribution in [3.05, 3.63) is 35.9 Å². The lowest BCUT2D eigenvalue weighted by Gasteiger charge is -2.22. The topological polar surface area (TPSA) is 57.4 Å². The number of imidazole rings is 2. The van der Waals surface area contributed by atoms with Crippen LogP contribution in [-0.4, -0.2) is 19.9 Å². The Balaban J connectivity index is 2.17. The molecule has 4 nitrogen and oxygen atoms in total. The molecule has 18 heavy (non-hydrogen) atoms. The quantitative estimate of drug-likeness (QED) is 0.874. The molecule has 2 N–H and O–H groups in total. The van der Waals surface area contributed by atoms with Crippen molar-refractivity contribution in [2.45, 2.75) is 51.9 Å². The predicted molar refractivity (Wildman–Crippen MR) is 72.6 cm³/mol. The maximum atomic E-state index is 4.47. The minimum atomic E-state index is 0.0260. The molecule has 2 aromatic rings. The van der Waals surface area contributed by atoms with Gasteiger partial charge < -0.3 is 9.97 Å². The summed E-state index contributed by atoms with van der Waals surface area (Å²) in [5.41, 5.74) is 2.41. The van der Waals surface area contributed by atoms with Crippen LogP contribution in [0.2, 0.25) is 0 Å². The summed E-state index contributed by atoms with van der Waals surface area (Å²) in [5, 5.41) is 0. The summed E-state index contributed by atoms with van der Waals surface area (Å²) >= 11 is 0. The van der Waals surface area contributed by atoms with Crippen LogP contribution in [0.25, 0.3) is 0 Å². The van der Waals surface area contributed by atoms with Crippen molar-refractivity contribution in [2.24, 2.45) is 0 Å². The summed E-state index contributed by atoms with van der Waals surface area (Å²) in [6.07, 6.45) is 6.47. The summed E-state index contributed by atoms with van der Waals surface area (Å²) in [7, 11) is 0. The number of hydrogen-bond acceptors (Lipinski definition) is 2.